The van der Waals surface area contributed by atoms with E-state index in [0.29, 0.717) is 5.82 Å². The minimum atomic E-state index is -0.580. The molecule has 0 radical (unpaired) electrons. The fourth-order valence-corrected chi connectivity index (χ4v) is 10.5. The second-order valence-corrected chi connectivity index (χ2v) is 16.2. The lowest BCUT2D eigenvalue weighted by Gasteiger charge is -2.35. The Balaban J connectivity index is 1.11. The van der Waals surface area contributed by atoms with E-state index in [4.69, 9.17) is 9.97 Å². The van der Waals surface area contributed by atoms with E-state index in [1.165, 1.54) is 64.7 Å². The quantitative estimate of drug-likeness (QED) is 0.180. The van der Waals surface area contributed by atoms with Crippen molar-refractivity contribution in [1.82, 2.24) is 15.0 Å². The number of pyridine rings is 1. The summed E-state index contributed by atoms with van der Waals surface area (Å²) in [4.78, 5) is 15.0. The molecule has 0 amide bonds. The predicted molar refractivity (Wildman–Crippen MR) is 241 cm³/mol. The van der Waals surface area contributed by atoms with Crippen molar-refractivity contribution in [3.05, 3.63) is 222 Å². The normalized spacial score (nSPS) is 14.9. The summed E-state index contributed by atoms with van der Waals surface area (Å²) in [5, 5.41) is 2.62. The smallest absolute Gasteiger partial charge is 0.160 e. The van der Waals surface area contributed by atoms with Crippen LogP contribution < -0.4 is 0 Å². The van der Waals surface area contributed by atoms with Crippen LogP contribution in [0.2, 0.25) is 0 Å². The van der Waals surface area contributed by atoms with Gasteiger partial charge in [-0.3, -0.25) is 4.98 Å². The van der Waals surface area contributed by atoms with E-state index in [1.54, 1.807) is 6.20 Å². The van der Waals surface area contributed by atoms with E-state index in [-0.39, 0.29) is 0 Å². The first-order valence-corrected chi connectivity index (χ1v) is 20.5. The Morgan fingerprint density at radius 2 is 1.07 bits per heavy atom. The number of thiophene rings is 1. The largest absolute Gasteiger partial charge is 0.264 e. The number of hydrogen-bond acceptors (Lipinski definition) is 4. The van der Waals surface area contributed by atoms with Gasteiger partial charge in [-0.1, -0.05) is 152 Å². The molecule has 3 aromatic heterocycles. The number of fused-ring (bicyclic) bond motifs is 12. The molecular weight excluding hydrogens is 723 g/mol. The number of aromatic nitrogens is 3. The van der Waals surface area contributed by atoms with E-state index in [0.717, 1.165) is 39.2 Å². The van der Waals surface area contributed by atoms with Crippen LogP contribution in [0.3, 0.4) is 0 Å². The van der Waals surface area contributed by atoms with E-state index in [9.17, 15) is 0 Å². The van der Waals surface area contributed by atoms with Crippen LogP contribution in [0.1, 0.15) is 33.4 Å². The molecule has 7 aromatic carbocycles. The maximum atomic E-state index is 5.35. The zero-order valence-corrected chi connectivity index (χ0v) is 32.1. The molecule has 0 bridgehead atoms. The molecule has 58 heavy (non-hydrogen) atoms. The lowest BCUT2D eigenvalue weighted by atomic mass is 9.65. The number of benzene rings is 7. The maximum absolute atomic E-state index is 5.35. The standard InChI is InChI=1S/C54H33N3S/c1-2-12-37(13-3-1)49-32-50(38-25-20-34(21-26-38)40-14-10-28-55-33-40)57-53(56-49)39-27-24-36-23-22-35-11-4-7-17-45(35)54(47(36)29-39)46-18-8-5-15-41(46)43-30-44-42-16-6-9-19-51(42)58-52(44)31-48(43)54/h1-33H. The van der Waals surface area contributed by atoms with Gasteiger partial charge in [0.05, 0.1) is 16.8 Å². The van der Waals surface area contributed by atoms with Crippen molar-refractivity contribution < 1.29 is 0 Å². The van der Waals surface area contributed by atoms with Crippen molar-refractivity contribution in [2.45, 2.75) is 5.41 Å². The van der Waals surface area contributed by atoms with Gasteiger partial charge in [0.2, 0.25) is 0 Å². The lowest BCUT2D eigenvalue weighted by molar-refractivity contribution is 0.767. The third-order valence-electron chi connectivity index (χ3n) is 12.0. The van der Waals surface area contributed by atoms with Gasteiger partial charge in [0.15, 0.2) is 5.82 Å². The Morgan fingerprint density at radius 1 is 0.397 bits per heavy atom. The topological polar surface area (TPSA) is 38.7 Å². The molecule has 0 aliphatic heterocycles. The summed E-state index contributed by atoms with van der Waals surface area (Å²) >= 11 is 1.88. The molecular formula is C54H33N3S. The Labute approximate surface area is 340 Å². The Kier molecular flexibility index (Phi) is 7.31. The first-order chi connectivity index (χ1) is 28.7. The summed E-state index contributed by atoms with van der Waals surface area (Å²) in [5.74, 6) is 0.693. The average molecular weight is 756 g/mol. The molecule has 0 fully saturated rings. The molecule has 0 N–H and O–H groups in total. The summed E-state index contributed by atoms with van der Waals surface area (Å²) in [7, 11) is 0. The van der Waals surface area contributed by atoms with Crippen LogP contribution in [-0.2, 0) is 5.41 Å². The summed E-state index contributed by atoms with van der Waals surface area (Å²) in [5.41, 5.74) is 16.5. The van der Waals surface area contributed by atoms with Crippen LogP contribution in [0.25, 0.3) is 88.5 Å². The highest BCUT2D eigenvalue weighted by Crippen LogP contribution is 2.60. The molecule has 1 unspecified atom stereocenters. The lowest BCUT2D eigenvalue weighted by Crippen LogP contribution is -2.30. The van der Waals surface area contributed by atoms with Gasteiger partial charge in [-0.25, -0.2) is 9.97 Å². The fraction of sp³-hybridized carbons (Fsp3) is 0.0185. The maximum Gasteiger partial charge on any atom is 0.160 e. The Morgan fingerprint density at radius 3 is 1.90 bits per heavy atom. The second-order valence-electron chi connectivity index (χ2n) is 15.2. The molecule has 2 aliphatic carbocycles. The molecule has 0 saturated carbocycles. The molecule has 2 aliphatic rings. The van der Waals surface area contributed by atoms with E-state index >= 15 is 0 Å². The van der Waals surface area contributed by atoms with Crippen LogP contribution >= 0.6 is 11.3 Å². The van der Waals surface area contributed by atoms with Gasteiger partial charge in [0, 0.05) is 49.3 Å². The molecule has 1 spiro atoms. The van der Waals surface area contributed by atoms with Crippen LogP contribution in [-0.4, -0.2) is 15.0 Å². The highest BCUT2D eigenvalue weighted by molar-refractivity contribution is 7.25. The summed E-state index contributed by atoms with van der Waals surface area (Å²) in [6.45, 7) is 0. The fourth-order valence-electron chi connectivity index (χ4n) is 9.40. The molecule has 12 rings (SSSR count). The first kappa shape index (κ1) is 32.9. The van der Waals surface area contributed by atoms with Gasteiger partial charge in [0.1, 0.15) is 0 Å². The zero-order chi connectivity index (χ0) is 38.2. The van der Waals surface area contributed by atoms with Crippen molar-refractivity contribution >= 4 is 43.7 Å². The molecule has 270 valence electrons. The predicted octanol–water partition coefficient (Wildman–Crippen LogP) is 13.8. The summed E-state index contributed by atoms with van der Waals surface area (Å²) in [6.07, 6.45) is 8.29. The minimum absolute atomic E-state index is 0.580. The minimum Gasteiger partial charge on any atom is -0.264 e. The Bertz CT molecular complexity index is 3270. The third kappa shape index (κ3) is 4.95. The van der Waals surface area contributed by atoms with E-state index in [2.05, 4.69) is 181 Å². The van der Waals surface area contributed by atoms with Gasteiger partial charge in [-0.15, -0.1) is 11.3 Å². The molecule has 10 aromatic rings. The average Bonchev–Trinajstić information content (AvgIpc) is 3.75. The van der Waals surface area contributed by atoms with Crippen LogP contribution in [0.15, 0.2) is 188 Å². The summed E-state index contributed by atoms with van der Waals surface area (Å²) in [6, 6.07) is 63.8. The second kappa shape index (κ2) is 12.9. The van der Waals surface area contributed by atoms with Crippen LogP contribution in [0.5, 0.6) is 0 Å². The van der Waals surface area contributed by atoms with Gasteiger partial charge in [0.25, 0.3) is 0 Å². The van der Waals surface area contributed by atoms with Crippen molar-refractivity contribution in [3.63, 3.8) is 0 Å². The van der Waals surface area contributed by atoms with E-state index in [1.807, 2.05) is 29.7 Å². The third-order valence-corrected chi connectivity index (χ3v) is 13.2. The number of rotatable bonds is 4. The molecule has 0 saturated heterocycles. The van der Waals surface area contributed by atoms with Crippen molar-refractivity contribution in [2.24, 2.45) is 0 Å². The first-order valence-electron chi connectivity index (χ1n) is 19.7. The molecule has 3 nitrogen and oxygen atoms in total. The zero-order valence-electron chi connectivity index (χ0n) is 31.3. The van der Waals surface area contributed by atoms with Crippen LogP contribution in [0, 0.1) is 0 Å². The number of hydrogen-bond donors (Lipinski definition) is 0. The highest BCUT2D eigenvalue weighted by Gasteiger charge is 2.49. The van der Waals surface area contributed by atoms with Crippen molar-refractivity contribution in [2.75, 3.05) is 0 Å². The Hall–Kier alpha value is -7.27. The van der Waals surface area contributed by atoms with Gasteiger partial charge in [-0.05, 0) is 92.0 Å². The number of nitrogens with zero attached hydrogens (tertiary/aromatic N) is 3. The SMILES string of the molecule is C1=Cc2ccc(-c3nc(-c4ccccc4)cc(-c4ccc(-c5cccnc5)cc4)n3)cc2C2(c3ccccc31)c1ccccc1-c1cc3c(cc12)sc1ccccc13. The van der Waals surface area contributed by atoms with Gasteiger partial charge < -0.3 is 0 Å². The van der Waals surface area contributed by atoms with Crippen LogP contribution in [0.4, 0.5) is 0 Å². The summed E-state index contributed by atoms with van der Waals surface area (Å²) < 4.78 is 2.62. The highest BCUT2D eigenvalue weighted by atomic mass is 32.1. The molecule has 4 heteroatoms. The van der Waals surface area contributed by atoms with E-state index < -0.39 is 5.41 Å². The van der Waals surface area contributed by atoms with Crippen molar-refractivity contribution in [1.29, 1.82) is 0 Å². The van der Waals surface area contributed by atoms with Crippen molar-refractivity contribution in [3.8, 4) is 56.2 Å². The van der Waals surface area contributed by atoms with Gasteiger partial charge in [-0.2, -0.15) is 0 Å². The molecule has 3 heterocycles. The molecule has 1 atom stereocenters. The van der Waals surface area contributed by atoms with Gasteiger partial charge >= 0.3 is 0 Å². The monoisotopic (exact) mass is 755 g/mol.